The van der Waals surface area contributed by atoms with Crippen molar-refractivity contribution >= 4 is 17.9 Å². The van der Waals surface area contributed by atoms with Gasteiger partial charge in [0.1, 0.15) is 11.6 Å². The van der Waals surface area contributed by atoms with E-state index in [-0.39, 0.29) is 17.4 Å². The van der Waals surface area contributed by atoms with Crippen molar-refractivity contribution in [3.63, 3.8) is 0 Å². The normalized spacial score (nSPS) is 16.0. The molecule has 2 aromatic carbocycles. The van der Waals surface area contributed by atoms with E-state index >= 15 is 0 Å². The number of esters is 1. The van der Waals surface area contributed by atoms with Crippen LogP contribution < -0.4 is 0 Å². The summed E-state index contributed by atoms with van der Waals surface area (Å²) in [5.41, 5.74) is 1.08. The van der Waals surface area contributed by atoms with Crippen molar-refractivity contribution in [1.29, 1.82) is 0 Å². The molecule has 0 saturated carbocycles. The van der Waals surface area contributed by atoms with Gasteiger partial charge in [0.05, 0.1) is 0 Å². The smallest absolute Gasteiger partial charge is 0.363 e. The molecule has 21 heavy (non-hydrogen) atoms. The van der Waals surface area contributed by atoms with Crippen molar-refractivity contribution in [3.8, 4) is 0 Å². The second kappa shape index (κ2) is 5.28. The molecule has 104 valence electrons. The Hall–Kier alpha value is -2.82. The van der Waals surface area contributed by atoms with Crippen LogP contribution in [-0.4, -0.2) is 11.9 Å². The van der Waals surface area contributed by atoms with Crippen molar-refractivity contribution < 1.29 is 18.3 Å². The molecule has 0 amide bonds. The molecule has 1 aliphatic heterocycles. The van der Waals surface area contributed by atoms with Gasteiger partial charge in [-0.1, -0.05) is 18.2 Å². The Morgan fingerprint density at radius 2 is 1.76 bits per heavy atom. The molecule has 0 radical (unpaired) electrons. The Balaban J connectivity index is 1.93. The fraction of sp³-hybridized carbons (Fsp3) is 0. The SMILES string of the molecule is O=C1OC(c2cccc(F)c2)=NC1=Cc1ccc(F)cc1. The lowest BCUT2D eigenvalue weighted by Crippen LogP contribution is -2.05. The molecule has 0 aromatic heterocycles. The van der Waals surface area contributed by atoms with Crippen LogP contribution in [0.3, 0.4) is 0 Å². The highest BCUT2D eigenvalue weighted by Gasteiger charge is 2.24. The van der Waals surface area contributed by atoms with Crippen molar-refractivity contribution in [2.75, 3.05) is 0 Å². The lowest BCUT2D eigenvalue weighted by molar-refractivity contribution is -0.129. The first-order valence-electron chi connectivity index (χ1n) is 6.16. The minimum Gasteiger partial charge on any atom is -0.402 e. The van der Waals surface area contributed by atoms with Crippen LogP contribution in [0.15, 0.2) is 59.2 Å². The average molecular weight is 285 g/mol. The number of hydrogen-bond acceptors (Lipinski definition) is 3. The van der Waals surface area contributed by atoms with Gasteiger partial charge in [0, 0.05) is 5.56 Å². The maximum Gasteiger partial charge on any atom is 0.363 e. The second-order valence-corrected chi connectivity index (χ2v) is 4.40. The molecule has 0 aliphatic carbocycles. The molecular weight excluding hydrogens is 276 g/mol. The lowest BCUT2D eigenvalue weighted by Gasteiger charge is -1.98. The summed E-state index contributed by atoms with van der Waals surface area (Å²) in [5, 5.41) is 0. The molecule has 3 nitrogen and oxygen atoms in total. The van der Waals surface area contributed by atoms with E-state index in [0.29, 0.717) is 11.1 Å². The molecule has 5 heteroatoms. The Kier molecular flexibility index (Phi) is 3.31. The van der Waals surface area contributed by atoms with E-state index in [1.165, 1.54) is 48.5 Å². The minimum atomic E-state index is -0.626. The van der Waals surface area contributed by atoms with Gasteiger partial charge in [-0.3, -0.25) is 0 Å². The highest BCUT2D eigenvalue weighted by Crippen LogP contribution is 2.19. The molecule has 0 N–H and O–H groups in total. The highest BCUT2D eigenvalue weighted by molar-refractivity contribution is 6.12. The predicted molar refractivity (Wildman–Crippen MR) is 73.4 cm³/mol. The molecule has 2 aromatic rings. The van der Waals surface area contributed by atoms with Gasteiger partial charge in [0.25, 0.3) is 0 Å². The van der Waals surface area contributed by atoms with Gasteiger partial charge in [0.15, 0.2) is 5.70 Å². The molecule has 0 atom stereocenters. The van der Waals surface area contributed by atoms with Crippen molar-refractivity contribution in [3.05, 3.63) is 77.0 Å². The first-order valence-corrected chi connectivity index (χ1v) is 6.16. The molecule has 0 saturated heterocycles. The van der Waals surface area contributed by atoms with E-state index in [1.807, 2.05) is 0 Å². The summed E-state index contributed by atoms with van der Waals surface area (Å²) in [5.74, 6) is -1.39. The summed E-state index contributed by atoms with van der Waals surface area (Å²) in [6.45, 7) is 0. The van der Waals surface area contributed by atoms with Gasteiger partial charge in [-0.05, 0) is 42.0 Å². The maximum absolute atomic E-state index is 13.2. The largest absolute Gasteiger partial charge is 0.402 e. The summed E-state index contributed by atoms with van der Waals surface area (Å²) < 4.78 is 31.0. The van der Waals surface area contributed by atoms with Gasteiger partial charge in [-0.2, -0.15) is 0 Å². The van der Waals surface area contributed by atoms with Crippen LogP contribution >= 0.6 is 0 Å². The molecule has 3 rings (SSSR count). The van der Waals surface area contributed by atoms with Crippen LogP contribution in [0.4, 0.5) is 8.78 Å². The third-order valence-corrected chi connectivity index (χ3v) is 2.87. The van der Waals surface area contributed by atoms with E-state index in [0.717, 1.165) is 0 Å². The highest BCUT2D eigenvalue weighted by atomic mass is 19.1. The zero-order valence-electron chi connectivity index (χ0n) is 10.7. The van der Waals surface area contributed by atoms with Gasteiger partial charge in [-0.15, -0.1) is 0 Å². The molecule has 1 aliphatic rings. The van der Waals surface area contributed by atoms with Crippen LogP contribution in [0.25, 0.3) is 6.08 Å². The zero-order chi connectivity index (χ0) is 14.8. The molecular formula is C16H9F2NO2. The summed E-state index contributed by atoms with van der Waals surface area (Å²) >= 11 is 0. The average Bonchev–Trinajstić information content (AvgIpc) is 2.83. The Morgan fingerprint density at radius 1 is 1.00 bits per heavy atom. The topological polar surface area (TPSA) is 38.7 Å². The van der Waals surface area contributed by atoms with Gasteiger partial charge in [-0.25, -0.2) is 18.6 Å². The first-order chi connectivity index (χ1) is 10.1. The van der Waals surface area contributed by atoms with Crippen LogP contribution in [-0.2, 0) is 9.53 Å². The molecule has 0 bridgehead atoms. The number of carbonyl (C=O) groups is 1. The van der Waals surface area contributed by atoms with Crippen LogP contribution in [0.2, 0.25) is 0 Å². The predicted octanol–water partition coefficient (Wildman–Crippen LogP) is 3.31. The summed E-state index contributed by atoms with van der Waals surface area (Å²) in [7, 11) is 0. The number of halogens is 2. The third kappa shape index (κ3) is 2.86. The van der Waals surface area contributed by atoms with E-state index in [4.69, 9.17) is 4.74 Å². The molecule has 0 fully saturated rings. The van der Waals surface area contributed by atoms with E-state index in [9.17, 15) is 13.6 Å². The van der Waals surface area contributed by atoms with E-state index < -0.39 is 11.8 Å². The van der Waals surface area contributed by atoms with E-state index in [2.05, 4.69) is 4.99 Å². The van der Waals surface area contributed by atoms with Gasteiger partial charge >= 0.3 is 5.97 Å². The van der Waals surface area contributed by atoms with Crippen LogP contribution in [0, 0.1) is 11.6 Å². The molecule has 0 spiro atoms. The standard InChI is InChI=1S/C16H9F2NO2/c17-12-6-4-10(5-7-12)8-14-16(20)21-15(19-14)11-2-1-3-13(18)9-11/h1-9H. The number of cyclic esters (lactones) is 1. The van der Waals surface area contributed by atoms with Crippen molar-refractivity contribution in [2.24, 2.45) is 4.99 Å². The quantitative estimate of drug-likeness (QED) is 0.627. The Morgan fingerprint density at radius 3 is 2.48 bits per heavy atom. The third-order valence-electron chi connectivity index (χ3n) is 2.87. The summed E-state index contributed by atoms with van der Waals surface area (Å²) in [4.78, 5) is 15.8. The number of rotatable bonds is 2. The number of aliphatic imine (C=N–C) groups is 1. The zero-order valence-corrected chi connectivity index (χ0v) is 10.7. The number of carbonyl (C=O) groups excluding carboxylic acids is 1. The van der Waals surface area contributed by atoms with Crippen LogP contribution in [0.1, 0.15) is 11.1 Å². The second-order valence-electron chi connectivity index (χ2n) is 4.40. The molecule has 1 heterocycles. The van der Waals surface area contributed by atoms with Crippen LogP contribution in [0.5, 0.6) is 0 Å². The number of ether oxygens (including phenoxy) is 1. The Labute approximate surface area is 119 Å². The van der Waals surface area contributed by atoms with E-state index in [1.54, 1.807) is 6.07 Å². The Bertz CT molecular complexity index is 764. The van der Waals surface area contributed by atoms with Crippen molar-refractivity contribution in [2.45, 2.75) is 0 Å². The minimum absolute atomic E-state index is 0.0489. The summed E-state index contributed by atoms with van der Waals surface area (Å²) in [6, 6.07) is 11.2. The summed E-state index contributed by atoms with van der Waals surface area (Å²) in [6.07, 6.45) is 1.48. The number of hydrogen-bond donors (Lipinski definition) is 0. The van der Waals surface area contributed by atoms with Crippen molar-refractivity contribution in [1.82, 2.24) is 0 Å². The number of benzene rings is 2. The maximum atomic E-state index is 13.2. The van der Waals surface area contributed by atoms with Gasteiger partial charge < -0.3 is 4.74 Å². The fourth-order valence-electron chi connectivity index (χ4n) is 1.87. The van der Waals surface area contributed by atoms with Gasteiger partial charge in [0.2, 0.25) is 5.90 Å². The fourth-order valence-corrected chi connectivity index (χ4v) is 1.87. The number of nitrogens with zero attached hydrogens (tertiary/aromatic N) is 1. The lowest BCUT2D eigenvalue weighted by atomic mass is 10.2. The molecule has 0 unspecified atom stereocenters. The monoisotopic (exact) mass is 285 g/mol. The first kappa shape index (κ1) is 13.2.